The zero-order valence-corrected chi connectivity index (χ0v) is 13.5. The molecule has 3 aliphatic rings. The lowest BCUT2D eigenvalue weighted by atomic mass is 9.51. The number of aryl methyl sites for hydroxylation is 1. The zero-order valence-electron chi connectivity index (χ0n) is 13.5. The summed E-state index contributed by atoms with van der Waals surface area (Å²) in [6.07, 6.45) is 11.3. The van der Waals surface area contributed by atoms with Gasteiger partial charge in [0.1, 0.15) is 5.75 Å². The van der Waals surface area contributed by atoms with Gasteiger partial charge in [-0.05, 0) is 85.0 Å². The Morgan fingerprint density at radius 2 is 2.10 bits per heavy atom. The molecule has 0 unspecified atom stereocenters. The van der Waals surface area contributed by atoms with E-state index in [-0.39, 0.29) is 0 Å². The van der Waals surface area contributed by atoms with Crippen LogP contribution in [-0.4, -0.2) is 7.11 Å². The Morgan fingerprint density at radius 1 is 1.19 bits per heavy atom. The smallest absolute Gasteiger partial charge is 0.127 e. The molecule has 21 heavy (non-hydrogen) atoms. The van der Waals surface area contributed by atoms with Crippen LogP contribution in [0.15, 0.2) is 12.1 Å². The van der Waals surface area contributed by atoms with Gasteiger partial charge in [0.05, 0.1) is 7.11 Å². The molecular weight excluding hydrogens is 256 g/mol. The van der Waals surface area contributed by atoms with Crippen molar-refractivity contribution in [3.05, 3.63) is 29.3 Å². The van der Waals surface area contributed by atoms with E-state index in [9.17, 15) is 0 Å². The fourth-order valence-corrected chi connectivity index (χ4v) is 5.76. The van der Waals surface area contributed by atoms with Crippen molar-refractivity contribution < 1.29 is 4.74 Å². The van der Waals surface area contributed by atoms with E-state index in [1.807, 2.05) is 0 Å². The lowest BCUT2D eigenvalue weighted by Gasteiger charge is -2.54. The van der Waals surface area contributed by atoms with Crippen molar-refractivity contribution >= 4 is 0 Å². The summed E-state index contributed by atoms with van der Waals surface area (Å²) >= 11 is 0. The molecule has 2 saturated carbocycles. The third-order valence-corrected chi connectivity index (χ3v) is 6.88. The molecule has 1 heteroatoms. The number of hydrogen-bond acceptors (Lipinski definition) is 1. The van der Waals surface area contributed by atoms with E-state index in [0.29, 0.717) is 5.41 Å². The van der Waals surface area contributed by atoms with Gasteiger partial charge in [0, 0.05) is 6.07 Å². The van der Waals surface area contributed by atoms with Crippen LogP contribution in [0, 0.1) is 23.3 Å². The summed E-state index contributed by atoms with van der Waals surface area (Å²) in [6.45, 7) is 2.59. The first-order valence-corrected chi connectivity index (χ1v) is 8.80. The van der Waals surface area contributed by atoms with Crippen molar-refractivity contribution in [1.82, 2.24) is 0 Å². The van der Waals surface area contributed by atoms with E-state index in [0.717, 1.165) is 23.5 Å². The van der Waals surface area contributed by atoms with Crippen LogP contribution in [0.4, 0.5) is 0 Å². The maximum atomic E-state index is 5.43. The van der Waals surface area contributed by atoms with Gasteiger partial charge in [-0.25, -0.2) is 0 Å². The van der Waals surface area contributed by atoms with E-state index < -0.39 is 0 Å². The first kappa shape index (κ1) is 13.7. The minimum Gasteiger partial charge on any atom is -0.496 e. The van der Waals surface area contributed by atoms with Gasteiger partial charge in [-0.3, -0.25) is 0 Å². The largest absolute Gasteiger partial charge is 0.496 e. The predicted molar refractivity (Wildman–Crippen MR) is 85.7 cm³/mol. The Kier molecular flexibility index (Phi) is 3.28. The molecule has 0 spiro atoms. The summed E-state index contributed by atoms with van der Waals surface area (Å²) in [7, 11) is 1.76. The summed E-state index contributed by atoms with van der Waals surface area (Å²) in [5.74, 6) is 3.59. The first-order valence-electron chi connectivity index (χ1n) is 8.80. The molecule has 0 saturated heterocycles. The molecule has 113 valence electrons. The Hall–Kier alpha value is -0.980. The molecule has 0 heterocycles. The third-order valence-electron chi connectivity index (χ3n) is 6.88. The van der Waals surface area contributed by atoms with Gasteiger partial charge < -0.3 is 4.74 Å². The summed E-state index contributed by atoms with van der Waals surface area (Å²) in [4.78, 5) is 0. The van der Waals surface area contributed by atoms with E-state index >= 15 is 0 Å². The Morgan fingerprint density at radius 3 is 2.95 bits per heavy atom. The van der Waals surface area contributed by atoms with E-state index in [1.165, 1.54) is 56.9 Å². The van der Waals surface area contributed by atoms with E-state index in [4.69, 9.17) is 4.74 Å². The van der Waals surface area contributed by atoms with Gasteiger partial charge in [-0.2, -0.15) is 0 Å². The highest BCUT2D eigenvalue weighted by molar-refractivity contribution is 5.40. The Labute approximate surface area is 129 Å². The molecular formula is C20H27O. The van der Waals surface area contributed by atoms with Gasteiger partial charge in [0.2, 0.25) is 0 Å². The minimum atomic E-state index is 0.641. The standard InChI is InChI=1S/C20H27O/c1-20-11-4-3-5-19(20)17-9-7-14-6-8-15(21-2)13-18(14)16(17)10-12-20/h6,13,16-17,19H,3-5,7,9-12H2,1-2H3/t16-,17+,19-,20-/m0/s1. The number of benzene rings is 1. The van der Waals surface area contributed by atoms with Crippen LogP contribution in [-0.2, 0) is 6.42 Å². The molecule has 1 aromatic carbocycles. The average Bonchev–Trinajstić information content (AvgIpc) is 2.53. The van der Waals surface area contributed by atoms with Crippen molar-refractivity contribution in [1.29, 1.82) is 0 Å². The maximum Gasteiger partial charge on any atom is 0.127 e. The van der Waals surface area contributed by atoms with Crippen LogP contribution in [0.3, 0.4) is 0 Å². The average molecular weight is 283 g/mol. The van der Waals surface area contributed by atoms with Crippen LogP contribution in [0.5, 0.6) is 5.75 Å². The molecule has 4 atom stereocenters. The van der Waals surface area contributed by atoms with Gasteiger partial charge >= 0.3 is 0 Å². The van der Waals surface area contributed by atoms with Crippen LogP contribution in [0.2, 0.25) is 0 Å². The summed E-state index contributed by atoms with van der Waals surface area (Å²) in [6, 6.07) is 7.77. The second-order valence-corrected chi connectivity index (χ2v) is 7.84. The molecule has 0 amide bonds. The number of ether oxygens (including phenoxy) is 1. The number of methoxy groups -OCH3 is 1. The maximum absolute atomic E-state index is 5.43. The second kappa shape index (κ2) is 5.04. The molecule has 0 bridgehead atoms. The third kappa shape index (κ3) is 2.12. The highest BCUT2D eigenvalue weighted by Gasteiger charge is 2.48. The predicted octanol–water partition coefficient (Wildman–Crippen LogP) is 5.13. The summed E-state index contributed by atoms with van der Waals surface area (Å²) < 4.78 is 5.43. The first-order chi connectivity index (χ1) is 10.2. The second-order valence-electron chi connectivity index (χ2n) is 7.84. The topological polar surface area (TPSA) is 9.23 Å². The Bertz CT molecular complexity index is 535. The molecule has 1 aromatic rings. The van der Waals surface area contributed by atoms with Crippen LogP contribution in [0.1, 0.15) is 68.9 Å². The molecule has 0 aliphatic heterocycles. The molecule has 2 fully saturated rings. The molecule has 1 radical (unpaired) electrons. The van der Waals surface area contributed by atoms with Crippen molar-refractivity contribution in [3.8, 4) is 5.75 Å². The monoisotopic (exact) mass is 283 g/mol. The van der Waals surface area contributed by atoms with Gasteiger partial charge in [0.15, 0.2) is 0 Å². The lowest BCUT2D eigenvalue weighted by Crippen LogP contribution is -2.44. The van der Waals surface area contributed by atoms with Crippen molar-refractivity contribution in [2.24, 2.45) is 17.3 Å². The van der Waals surface area contributed by atoms with Crippen LogP contribution >= 0.6 is 0 Å². The lowest BCUT2D eigenvalue weighted by molar-refractivity contribution is -0.00425. The Balaban J connectivity index is 1.69. The molecule has 4 rings (SSSR count). The van der Waals surface area contributed by atoms with Crippen LogP contribution in [0.25, 0.3) is 0 Å². The quantitative estimate of drug-likeness (QED) is 0.694. The SMILES string of the molecule is COc1[c]cc2c(c1)[C@H]1CC[C@]3(C)CCCC[C@H]3[C@@H]1CC2. The van der Waals surface area contributed by atoms with E-state index in [1.54, 1.807) is 12.7 Å². The number of rotatable bonds is 1. The van der Waals surface area contributed by atoms with Crippen molar-refractivity contribution in [2.75, 3.05) is 7.11 Å². The van der Waals surface area contributed by atoms with Gasteiger partial charge in [-0.1, -0.05) is 19.8 Å². The number of hydrogen-bond donors (Lipinski definition) is 0. The van der Waals surface area contributed by atoms with E-state index in [2.05, 4.69) is 25.1 Å². The molecule has 0 N–H and O–H groups in total. The van der Waals surface area contributed by atoms with Crippen molar-refractivity contribution in [2.45, 2.75) is 64.2 Å². The summed E-state index contributed by atoms with van der Waals surface area (Å²) in [5.41, 5.74) is 3.77. The highest BCUT2D eigenvalue weighted by atomic mass is 16.5. The summed E-state index contributed by atoms with van der Waals surface area (Å²) in [5, 5.41) is 0. The molecule has 0 aromatic heterocycles. The fourth-order valence-electron chi connectivity index (χ4n) is 5.76. The van der Waals surface area contributed by atoms with Gasteiger partial charge in [0.25, 0.3) is 0 Å². The molecule has 3 aliphatic carbocycles. The van der Waals surface area contributed by atoms with Crippen LogP contribution < -0.4 is 4.74 Å². The van der Waals surface area contributed by atoms with Crippen molar-refractivity contribution in [3.63, 3.8) is 0 Å². The van der Waals surface area contributed by atoms with Gasteiger partial charge in [-0.15, -0.1) is 0 Å². The number of fused-ring (bicyclic) bond motifs is 5. The highest BCUT2D eigenvalue weighted by Crippen LogP contribution is 2.59. The normalized spacial score (nSPS) is 38.1. The zero-order chi connectivity index (χ0) is 14.4. The molecule has 1 nitrogen and oxygen atoms in total. The fraction of sp³-hybridized carbons (Fsp3) is 0.700. The minimum absolute atomic E-state index is 0.641.